The minimum atomic E-state index is -0.505. The number of ketones is 1. The Hall–Kier alpha value is -4.00. The highest BCUT2D eigenvalue weighted by Crippen LogP contribution is 2.28. The molecule has 0 spiro atoms. The van der Waals surface area contributed by atoms with Crippen LogP contribution in [0.4, 0.5) is 4.79 Å². The molecular weight excluding hydrogens is 466 g/mol. The highest BCUT2D eigenvalue weighted by atomic mass is 16.6. The maximum Gasteiger partial charge on any atom is 0.407 e. The lowest BCUT2D eigenvalue weighted by Gasteiger charge is -2.19. The number of aliphatic imine (C=N–C) groups is 1. The number of nitrogens with one attached hydrogen (secondary N) is 1. The second-order valence-electron chi connectivity index (χ2n) is 9.99. The molecule has 7 nitrogen and oxygen atoms in total. The van der Waals surface area contributed by atoms with Crippen LogP contribution in [0.25, 0.3) is 22.4 Å². The lowest BCUT2D eigenvalue weighted by atomic mass is 9.96. The van der Waals surface area contributed by atoms with Crippen LogP contribution in [0.1, 0.15) is 55.7 Å². The molecule has 3 aromatic rings. The molecule has 0 aliphatic carbocycles. The molecule has 2 heterocycles. The maximum atomic E-state index is 12.2. The number of amides is 1. The fraction of sp³-hybridized carbons (Fsp3) is 0.333. The predicted molar refractivity (Wildman–Crippen MR) is 146 cm³/mol. The van der Waals surface area contributed by atoms with E-state index in [4.69, 9.17) is 14.5 Å². The number of benzene rings is 2. The van der Waals surface area contributed by atoms with Crippen LogP contribution in [0, 0.1) is 0 Å². The van der Waals surface area contributed by atoms with Crippen LogP contribution in [0.15, 0.2) is 59.6 Å². The standard InChI is InChI=1S/C30H33N3O4/c1-20(34)25-18-28(33-27-14-16-31-19-26(25)27)23-8-6-21(7-9-23)22-10-12-24(13-11-22)36-17-5-15-32-29(35)37-30(2,3)4/h6-13,18-19H,5,14-17H2,1-4H3,(H,32,35). The molecule has 4 rings (SSSR count). The van der Waals surface area contributed by atoms with Crippen molar-refractivity contribution in [2.45, 2.75) is 46.1 Å². The highest BCUT2D eigenvalue weighted by molar-refractivity contribution is 6.04. The minimum Gasteiger partial charge on any atom is -0.494 e. The summed E-state index contributed by atoms with van der Waals surface area (Å²) in [7, 11) is 0. The van der Waals surface area contributed by atoms with Crippen molar-refractivity contribution in [1.82, 2.24) is 10.3 Å². The molecule has 7 heteroatoms. The van der Waals surface area contributed by atoms with Gasteiger partial charge in [-0.25, -0.2) is 4.79 Å². The molecule has 0 saturated carbocycles. The molecule has 1 amide bonds. The number of rotatable bonds is 8. The van der Waals surface area contributed by atoms with E-state index >= 15 is 0 Å². The van der Waals surface area contributed by atoms with Crippen molar-refractivity contribution in [3.05, 3.63) is 71.4 Å². The van der Waals surface area contributed by atoms with Crippen LogP contribution in [0.3, 0.4) is 0 Å². The van der Waals surface area contributed by atoms with Gasteiger partial charge in [-0.05, 0) is 63.4 Å². The molecule has 192 valence electrons. The third-order valence-electron chi connectivity index (χ3n) is 5.84. The third kappa shape index (κ3) is 7.03. The van der Waals surface area contributed by atoms with Gasteiger partial charge in [0.25, 0.3) is 0 Å². The van der Waals surface area contributed by atoms with Crippen LogP contribution < -0.4 is 10.1 Å². The van der Waals surface area contributed by atoms with Crippen LogP contribution in [0.5, 0.6) is 5.75 Å². The van der Waals surface area contributed by atoms with Gasteiger partial charge >= 0.3 is 6.09 Å². The molecule has 1 aromatic heterocycles. The first-order valence-electron chi connectivity index (χ1n) is 12.5. The third-order valence-corrected chi connectivity index (χ3v) is 5.84. The van der Waals surface area contributed by atoms with E-state index < -0.39 is 11.7 Å². The van der Waals surface area contributed by atoms with Gasteiger partial charge in [0.1, 0.15) is 11.4 Å². The number of Topliss-reactive ketones (excluding diaryl/α,β-unsaturated/α-hetero) is 1. The zero-order chi connectivity index (χ0) is 26.4. The summed E-state index contributed by atoms with van der Waals surface area (Å²) in [6.07, 6.45) is 2.77. The molecule has 37 heavy (non-hydrogen) atoms. The number of alkyl carbamates (subject to hydrolysis) is 1. The number of hydrogen-bond donors (Lipinski definition) is 1. The van der Waals surface area contributed by atoms with Crippen molar-refractivity contribution in [3.63, 3.8) is 0 Å². The summed E-state index contributed by atoms with van der Waals surface area (Å²) in [6.45, 7) is 8.76. The average molecular weight is 500 g/mol. The molecule has 0 fully saturated rings. The van der Waals surface area contributed by atoms with E-state index in [2.05, 4.69) is 22.4 Å². The van der Waals surface area contributed by atoms with Gasteiger partial charge in [0.05, 0.1) is 18.0 Å². The molecule has 1 N–H and O–H groups in total. The van der Waals surface area contributed by atoms with E-state index in [1.807, 2.05) is 63.2 Å². The Morgan fingerprint density at radius 3 is 2.27 bits per heavy atom. The summed E-state index contributed by atoms with van der Waals surface area (Å²) in [5.74, 6) is 0.794. The quantitative estimate of drug-likeness (QED) is 0.308. The summed E-state index contributed by atoms with van der Waals surface area (Å²) in [5.41, 5.74) is 5.86. The number of fused-ring (bicyclic) bond motifs is 1. The zero-order valence-corrected chi connectivity index (χ0v) is 21.8. The van der Waals surface area contributed by atoms with Gasteiger partial charge in [-0.15, -0.1) is 0 Å². The lowest BCUT2D eigenvalue weighted by molar-refractivity contribution is 0.0525. The second kappa shape index (κ2) is 11.4. The van der Waals surface area contributed by atoms with E-state index in [-0.39, 0.29) is 5.78 Å². The van der Waals surface area contributed by atoms with Crippen LogP contribution >= 0.6 is 0 Å². The molecule has 0 atom stereocenters. The summed E-state index contributed by atoms with van der Waals surface area (Å²) >= 11 is 0. The Labute approximate surface area is 217 Å². The minimum absolute atomic E-state index is 0.0199. The van der Waals surface area contributed by atoms with Crippen LogP contribution in [-0.4, -0.2) is 48.4 Å². The zero-order valence-electron chi connectivity index (χ0n) is 21.8. The number of hydrogen-bond acceptors (Lipinski definition) is 6. The van der Waals surface area contributed by atoms with Crippen molar-refractivity contribution in [2.24, 2.45) is 4.99 Å². The fourth-order valence-corrected chi connectivity index (χ4v) is 4.05. The normalized spacial score (nSPS) is 12.5. The predicted octanol–water partition coefficient (Wildman–Crippen LogP) is 5.89. The van der Waals surface area contributed by atoms with Crippen LogP contribution in [0.2, 0.25) is 0 Å². The van der Waals surface area contributed by atoms with E-state index in [0.29, 0.717) is 31.7 Å². The Balaban J connectivity index is 1.34. The first kappa shape index (κ1) is 26.1. The van der Waals surface area contributed by atoms with Gasteiger partial charge in [-0.1, -0.05) is 36.4 Å². The summed E-state index contributed by atoms with van der Waals surface area (Å²) < 4.78 is 11.0. The molecule has 0 bridgehead atoms. The van der Waals surface area contributed by atoms with Gasteiger partial charge in [0.2, 0.25) is 0 Å². The number of ether oxygens (including phenoxy) is 2. The molecule has 0 radical (unpaired) electrons. The Bertz CT molecular complexity index is 1290. The Morgan fingerprint density at radius 1 is 0.973 bits per heavy atom. The van der Waals surface area contributed by atoms with E-state index in [1.165, 1.54) is 0 Å². The molecule has 2 aromatic carbocycles. The molecule has 0 saturated heterocycles. The maximum absolute atomic E-state index is 12.2. The molecule has 0 unspecified atom stereocenters. The fourth-order valence-electron chi connectivity index (χ4n) is 4.05. The van der Waals surface area contributed by atoms with Gasteiger partial charge in [0.15, 0.2) is 5.78 Å². The number of nitrogens with zero attached hydrogens (tertiary/aromatic N) is 2. The summed E-state index contributed by atoms with van der Waals surface area (Å²) in [4.78, 5) is 33.0. The molecule has 1 aliphatic heterocycles. The number of aromatic nitrogens is 1. The summed E-state index contributed by atoms with van der Waals surface area (Å²) in [5, 5.41) is 2.73. The van der Waals surface area contributed by atoms with Gasteiger partial charge in [-0.3, -0.25) is 14.8 Å². The average Bonchev–Trinajstić information content (AvgIpc) is 2.87. The van der Waals surface area contributed by atoms with Crippen molar-refractivity contribution in [3.8, 4) is 28.1 Å². The molecule has 1 aliphatic rings. The topological polar surface area (TPSA) is 89.9 Å². The van der Waals surface area contributed by atoms with Crippen molar-refractivity contribution in [2.75, 3.05) is 19.7 Å². The Kier molecular flexibility index (Phi) is 8.01. The van der Waals surface area contributed by atoms with E-state index in [9.17, 15) is 9.59 Å². The van der Waals surface area contributed by atoms with E-state index in [0.717, 1.165) is 45.8 Å². The van der Waals surface area contributed by atoms with Crippen LogP contribution in [-0.2, 0) is 11.2 Å². The van der Waals surface area contributed by atoms with Crippen molar-refractivity contribution < 1.29 is 19.1 Å². The highest BCUT2D eigenvalue weighted by Gasteiger charge is 2.17. The Morgan fingerprint density at radius 2 is 1.62 bits per heavy atom. The monoisotopic (exact) mass is 499 g/mol. The van der Waals surface area contributed by atoms with Crippen molar-refractivity contribution >= 4 is 18.1 Å². The van der Waals surface area contributed by atoms with E-state index in [1.54, 1.807) is 13.1 Å². The first-order chi connectivity index (χ1) is 17.7. The van der Waals surface area contributed by atoms with Crippen molar-refractivity contribution in [1.29, 1.82) is 0 Å². The van der Waals surface area contributed by atoms with Gasteiger partial charge < -0.3 is 14.8 Å². The number of carbonyl (C=O) groups excluding carboxylic acids is 2. The number of carbonyl (C=O) groups is 2. The first-order valence-corrected chi connectivity index (χ1v) is 12.5. The largest absolute Gasteiger partial charge is 0.494 e. The second-order valence-corrected chi connectivity index (χ2v) is 9.99. The lowest BCUT2D eigenvalue weighted by Crippen LogP contribution is -2.33. The molecular formula is C30H33N3O4. The summed E-state index contributed by atoms with van der Waals surface area (Å²) in [6, 6.07) is 18.0. The van der Waals surface area contributed by atoms with Gasteiger partial charge in [0, 0.05) is 42.4 Å². The van der Waals surface area contributed by atoms with Gasteiger partial charge in [-0.2, -0.15) is 0 Å². The SMILES string of the molecule is CC(=O)c1cc(-c2ccc(-c3ccc(OCCCNC(=O)OC(C)(C)C)cc3)cc2)nc2c1C=NCC2. The smallest absolute Gasteiger partial charge is 0.407 e. The number of pyridine rings is 1.